The maximum Gasteiger partial charge on any atom is 0.345 e. The molecule has 0 saturated carbocycles. The zero-order valence-electron chi connectivity index (χ0n) is 15.4. The lowest BCUT2D eigenvalue weighted by molar-refractivity contribution is -0.155. The Morgan fingerprint density at radius 2 is 1.74 bits per heavy atom. The summed E-state index contributed by atoms with van der Waals surface area (Å²) in [5.41, 5.74) is -0.816. The second kappa shape index (κ2) is 8.58. The van der Waals surface area contributed by atoms with E-state index in [0.717, 1.165) is 6.42 Å². The molecule has 1 aliphatic heterocycles. The van der Waals surface area contributed by atoms with Crippen molar-refractivity contribution in [2.24, 2.45) is 0 Å². The lowest BCUT2D eigenvalue weighted by Crippen LogP contribution is -2.54. The van der Waals surface area contributed by atoms with Crippen LogP contribution in [0.25, 0.3) is 0 Å². The summed E-state index contributed by atoms with van der Waals surface area (Å²) in [6.07, 6.45) is 0.880. The number of piperazine rings is 1. The van der Waals surface area contributed by atoms with Gasteiger partial charge in [0.2, 0.25) is 0 Å². The molecule has 1 fully saturated rings. The molecule has 0 aromatic heterocycles. The summed E-state index contributed by atoms with van der Waals surface area (Å²) in [6.45, 7) is 10.6. The average Bonchev–Trinajstić information content (AvgIpc) is 2.52. The van der Waals surface area contributed by atoms with Gasteiger partial charge in [0.1, 0.15) is 5.60 Å². The Kier molecular flexibility index (Phi) is 7.68. The molecule has 1 saturated heterocycles. The predicted octanol–water partition coefficient (Wildman–Crippen LogP) is 2.04. The Labute approximate surface area is 140 Å². The van der Waals surface area contributed by atoms with E-state index in [4.69, 9.17) is 9.26 Å². The largest absolute Gasteiger partial charge is 0.366 e. The highest BCUT2D eigenvalue weighted by Gasteiger charge is 2.40. The van der Waals surface area contributed by atoms with E-state index in [1.165, 1.54) is 0 Å². The summed E-state index contributed by atoms with van der Waals surface area (Å²) in [4.78, 5) is 14.4. The molecule has 1 unspecified atom stereocenters. The van der Waals surface area contributed by atoms with Gasteiger partial charge in [0, 0.05) is 32.8 Å². The molecule has 0 N–H and O–H groups in total. The highest BCUT2D eigenvalue weighted by Crippen LogP contribution is 2.52. The van der Waals surface area contributed by atoms with Gasteiger partial charge in [0.05, 0.1) is 6.61 Å². The number of carbonyl (C=O) groups is 1. The van der Waals surface area contributed by atoms with Crippen LogP contribution in [0.2, 0.25) is 0 Å². The minimum Gasteiger partial charge on any atom is -0.366 e. The van der Waals surface area contributed by atoms with Gasteiger partial charge in [-0.15, -0.1) is 0 Å². The molecule has 0 bridgehead atoms. The fourth-order valence-electron chi connectivity index (χ4n) is 2.57. The van der Waals surface area contributed by atoms with Gasteiger partial charge < -0.3 is 14.2 Å². The van der Waals surface area contributed by atoms with Crippen molar-refractivity contribution >= 4 is 13.6 Å². The first-order valence-electron chi connectivity index (χ1n) is 8.30. The lowest BCUT2D eigenvalue weighted by atomic mass is 10.1. The Morgan fingerprint density at radius 1 is 1.17 bits per heavy atom. The van der Waals surface area contributed by atoms with Crippen molar-refractivity contribution in [2.45, 2.75) is 39.7 Å². The van der Waals surface area contributed by atoms with Crippen LogP contribution in [-0.4, -0.2) is 79.2 Å². The minimum atomic E-state index is -2.98. The van der Waals surface area contributed by atoms with Gasteiger partial charge in [-0.3, -0.25) is 9.36 Å². The van der Waals surface area contributed by atoms with Crippen molar-refractivity contribution in [3.8, 4) is 0 Å². The number of nitrogens with zero attached hydrogens (tertiary/aromatic N) is 3. The molecular formula is C15H32N3O4P. The number of ether oxygens (including phenoxy) is 1. The normalized spacial score (nSPS) is 19.9. The van der Waals surface area contributed by atoms with E-state index in [-0.39, 0.29) is 5.91 Å². The van der Waals surface area contributed by atoms with E-state index < -0.39 is 13.3 Å². The van der Waals surface area contributed by atoms with E-state index >= 15 is 0 Å². The highest BCUT2D eigenvalue weighted by molar-refractivity contribution is 7.53. The van der Waals surface area contributed by atoms with Crippen LogP contribution in [0.4, 0.5) is 0 Å². The number of rotatable bonds is 8. The monoisotopic (exact) mass is 349 g/mol. The van der Waals surface area contributed by atoms with Gasteiger partial charge >= 0.3 is 7.67 Å². The lowest BCUT2D eigenvalue weighted by Gasteiger charge is -2.42. The quantitative estimate of drug-likeness (QED) is 0.625. The van der Waals surface area contributed by atoms with E-state index in [9.17, 15) is 9.36 Å². The molecule has 1 atom stereocenters. The zero-order valence-corrected chi connectivity index (χ0v) is 16.3. The van der Waals surface area contributed by atoms with E-state index in [1.807, 2.05) is 32.4 Å². The maximum atomic E-state index is 13.0. The molecule has 0 aromatic rings. The average molecular weight is 349 g/mol. The molecule has 23 heavy (non-hydrogen) atoms. The number of amides is 1. The molecule has 0 aliphatic carbocycles. The number of carbonyl (C=O) groups excluding carboxylic acids is 1. The SMILES string of the molecule is CCCOC(C)(C)C(=O)N1CCN(P(=O)(OCC)N(C)C)CC1. The highest BCUT2D eigenvalue weighted by atomic mass is 31.2. The summed E-state index contributed by atoms with van der Waals surface area (Å²) in [5.74, 6) is -0.0123. The van der Waals surface area contributed by atoms with E-state index in [0.29, 0.717) is 39.4 Å². The topological polar surface area (TPSA) is 62.3 Å². The summed E-state index contributed by atoms with van der Waals surface area (Å²) in [5, 5.41) is 0. The first-order chi connectivity index (χ1) is 10.7. The van der Waals surface area contributed by atoms with Crippen LogP contribution in [0, 0.1) is 0 Å². The van der Waals surface area contributed by atoms with Crippen LogP contribution in [-0.2, 0) is 18.6 Å². The third kappa shape index (κ3) is 5.00. The predicted molar refractivity (Wildman–Crippen MR) is 91.4 cm³/mol. The molecule has 1 rings (SSSR count). The van der Waals surface area contributed by atoms with Crippen molar-refractivity contribution in [1.29, 1.82) is 0 Å². The third-order valence-electron chi connectivity index (χ3n) is 3.89. The molecular weight excluding hydrogens is 317 g/mol. The van der Waals surface area contributed by atoms with Crippen LogP contribution in [0.3, 0.4) is 0 Å². The third-order valence-corrected chi connectivity index (χ3v) is 6.61. The summed E-state index contributed by atoms with van der Waals surface area (Å²) >= 11 is 0. The van der Waals surface area contributed by atoms with Gasteiger partial charge in [-0.2, -0.15) is 0 Å². The maximum absolute atomic E-state index is 13.0. The minimum absolute atomic E-state index is 0.0123. The molecule has 8 heteroatoms. The number of hydrogen-bond donors (Lipinski definition) is 0. The Bertz CT molecular complexity index is 434. The number of hydrogen-bond acceptors (Lipinski definition) is 4. The van der Waals surface area contributed by atoms with Gasteiger partial charge in [0.25, 0.3) is 5.91 Å². The Hall–Kier alpha value is -0.460. The van der Waals surface area contributed by atoms with E-state index in [2.05, 4.69) is 0 Å². The van der Waals surface area contributed by atoms with Crippen molar-refractivity contribution in [1.82, 2.24) is 14.2 Å². The van der Waals surface area contributed by atoms with E-state index in [1.54, 1.807) is 23.7 Å². The molecule has 1 aliphatic rings. The molecule has 7 nitrogen and oxygen atoms in total. The fourth-order valence-corrected chi connectivity index (χ4v) is 4.49. The first kappa shape index (κ1) is 20.6. The smallest absolute Gasteiger partial charge is 0.345 e. The second-order valence-corrected chi connectivity index (χ2v) is 8.97. The van der Waals surface area contributed by atoms with Crippen molar-refractivity contribution in [2.75, 3.05) is 53.5 Å². The van der Waals surface area contributed by atoms with Crippen molar-refractivity contribution in [3.05, 3.63) is 0 Å². The Morgan fingerprint density at radius 3 is 2.17 bits per heavy atom. The second-order valence-electron chi connectivity index (χ2n) is 6.36. The standard InChI is InChI=1S/C15H32N3O4P/c1-7-13-21-15(3,4)14(19)17-9-11-18(12-10-17)23(20,16(5)6)22-8-2/h7-13H2,1-6H3. The summed E-state index contributed by atoms with van der Waals surface area (Å²) in [6, 6.07) is 0. The van der Waals surface area contributed by atoms with Crippen LogP contribution in [0.5, 0.6) is 0 Å². The summed E-state index contributed by atoms with van der Waals surface area (Å²) in [7, 11) is 0.535. The van der Waals surface area contributed by atoms with Crippen molar-refractivity contribution in [3.63, 3.8) is 0 Å². The van der Waals surface area contributed by atoms with Crippen LogP contribution in [0.1, 0.15) is 34.1 Å². The van der Waals surface area contributed by atoms with Crippen LogP contribution < -0.4 is 0 Å². The van der Waals surface area contributed by atoms with Crippen LogP contribution >= 0.6 is 7.67 Å². The van der Waals surface area contributed by atoms with Gasteiger partial charge in [0.15, 0.2) is 0 Å². The molecule has 0 radical (unpaired) electrons. The molecule has 0 spiro atoms. The van der Waals surface area contributed by atoms with Gasteiger partial charge in [-0.25, -0.2) is 9.34 Å². The molecule has 1 heterocycles. The van der Waals surface area contributed by atoms with Crippen molar-refractivity contribution < 1.29 is 18.6 Å². The van der Waals surface area contributed by atoms with Gasteiger partial charge in [-0.1, -0.05) is 6.92 Å². The molecule has 0 aromatic carbocycles. The van der Waals surface area contributed by atoms with Crippen LogP contribution in [0.15, 0.2) is 0 Å². The Balaban J connectivity index is 2.67. The van der Waals surface area contributed by atoms with Gasteiger partial charge in [-0.05, 0) is 41.3 Å². The first-order valence-corrected chi connectivity index (χ1v) is 9.83. The molecule has 1 amide bonds. The fraction of sp³-hybridized carbons (Fsp3) is 0.933. The zero-order chi connectivity index (χ0) is 17.7. The summed E-state index contributed by atoms with van der Waals surface area (Å²) < 4.78 is 27.7. The molecule has 136 valence electrons.